The monoisotopic (exact) mass is 407 g/mol. The van der Waals surface area contributed by atoms with Gasteiger partial charge >= 0.3 is 5.97 Å². The summed E-state index contributed by atoms with van der Waals surface area (Å²) in [7, 11) is 0. The Labute approximate surface area is 170 Å². The molecular formula is C21H30FN3O4. The SMILES string of the molecule is CCOC(=O)[C@@H]1CN(Cc2ccco2)C[C@H]2CN(C(=O)C3(F)CCC3)CCN2C1. The second-order valence-electron chi connectivity index (χ2n) is 8.44. The van der Waals surface area contributed by atoms with Crippen LogP contribution in [0.25, 0.3) is 0 Å². The molecule has 1 saturated carbocycles. The van der Waals surface area contributed by atoms with Crippen molar-refractivity contribution in [1.82, 2.24) is 14.7 Å². The molecule has 7 nitrogen and oxygen atoms in total. The molecule has 1 aliphatic carbocycles. The van der Waals surface area contributed by atoms with E-state index in [4.69, 9.17) is 9.15 Å². The van der Waals surface area contributed by atoms with Gasteiger partial charge in [0, 0.05) is 45.3 Å². The second-order valence-corrected chi connectivity index (χ2v) is 8.44. The number of carbonyl (C=O) groups is 2. The molecule has 1 amide bonds. The van der Waals surface area contributed by atoms with Gasteiger partial charge in [0.2, 0.25) is 0 Å². The number of rotatable bonds is 5. The van der Waals surface area contributed by atoms with Gasteiger partial charge < -0.3 is 14.1 Å². The average Bonchev–Trinajstić information content (AvgIpc) is 3.11. The number of alkyl halides is 1. The highest BCUT2D eigenvalue weighted by atomic mass is 19.1. The zero-order valence-corrected chi connectivity index (χ0v) is 17.0. The first-order chi connectivity index (χ1) is 14.0. The molecule has 29 heavy (non-hydrogen) atoms. The topological polar surface area (TPSA) is 66.2 Å². The Bertz CT molecular complexity index is 722. The summed E-state index contributed by atoms with van der Waals surface area (Å²) in [5.41, 5.74) is -1.66. The van der Waals surface area contributed by atoms with Crippen LogP contribution in [0.5, 0.6) is 0 Å². The van der Waals surface area contributed by atoms with Crippen LogP contribution in [0.1, 0.15) is 31.9 Å². The van der Waals surface area contributed by atoms with Crippen LogP contribution in [0.4, 0.5) is 4.39 Å². The molecule has 2 atom stereocenters. The van der Waals surface area contributed by atoms with Gasteiger partial charge in [-0.05, 0) is 38.3 Å². The zero-order chi connectivity index (χ0) is 20.4. The molecule has 0 aromatic carbocycles. The van der Waals surface area contributed by atoms with E-state index in [1.165, 1.54) is 0 Å². The maximum Gasteiger partial charge on any atom is 0.311 e. The van der Waals surface area contributed by atoms with Crippen LogP contribution in [0.2, 0.25) is 0 Å². The lowest BCUT2D eigenvalue weighted by molar-refractivity contribution is -0.154. The van der Waals surface area contributed by atoms with Crippen LogP contribution in [0.15, 0.2) is 22.8 Å². The predicted molar refractivity (Wildman–Crippen MR) is 104 cm³/mol. The molecular weight excluding hydrogens is 377 g/mol. The lowest BCUT2D eigenvalue weighted by atomic mass is 9.80. The fraction of sp³-hybridized carbons (Fsp3) is 0.714. The third-order valence-electron chi connectivity index (χ3n) is 6.40. The van der Waals surface area contributed by atoms with Crippen molar-refractivity contribution < 1.29 is 23.1 Å². The molecule has 0 bridgehead atoms. The first-order valence-corrected chi connectivity index (χ1v) is 10.6. The summed E-state index contributed by atoms with van der Waals surface area (Å²) in [6.07, 6.45) is 3.10. The Balaban J connectivity index is 1.48. The number of piperazine rings is 1. The third kappa shape index (κ3) is 4.33. The highest BCUT2D eigenvalue weighted by Crippen LogP contribution is 2.38. The van der Waals surface area contributed by atoms with E-state index >= 15 is 0 Å². The number of hydrogen-bond donors (Lipinski definition) is 0. The number of fused-ring (bicyclic) bond motifs is 1. The van der Waals surface area contributed by atoms with Gasteiger partial charge in [-0.25, -0.2) is 4.39 Å². The Kier molecular flexibility index (Phi) is 5.92. The van der Waals surface area contributed by atoms with E-state index in [1.807, 2.05) is 19.1 Å². The van der Waals surface area contributed by atoms with Gasteiger partial charge in [-0.1, -0.05) is 0 Å². The molecule has 2 aliphatic heterocycles. The van der Waals surface area contributed by atoms with Crippen molar-refractivity contribution in [3.05, 3.63) is 24.2 Å². The highest BCUT2D eigenvalue weighted by molar-refractivity contribution is 5.86. The van der Waals surface area contributed by atoms with Crippen molar-refractivity contribution in [2.24, 2.45) is 5.92 Å². The molecule has 0 radical (unpaired) electrons. The molecule has 2 saturated heterocycles. The van der Waals surface area contributed by atoms with Gasteiger partial charge in [-0.15, -0.1) is 0 Å². The smallest absolute Gasteiger partial charge is 0.311 e. The molecule has 0 spiro atoms. The molecule has 3 fully saturated rings. The van der Waals surface area contributed by atoms with Crippen molar-refractivity contribution in [3.63, 3.8) is 0 Å². The van der Waals surface area contributed by atoms with Crippen molar-refractivity contribution in [1.29, 1.82) is 0 Å². The maximum atomic E-state index is 14.7. The first-order valence-electron chi connectivity index (χ1n) is 10.6. The summed E-state index contributed by atoms with van der Waals surface area (Å²) in [6, 6.07) is 3.83. The number of halogens is 1. The van der Waals surface area contributed by atoms with E-state index in [0.717, 1.165) is 12.2 Å². The quantitative estimate of drug-likeness (QED) is 0.692. The fourth-order valence-electron chi connectivity index (χ4n) is 4.66. The number of nitrogens with zero attached hydrogens (tertiary/aromatic N) is 3. The van der Waals surface area contributed by atoms with E-state index in [0.29, 0.717) is 65.3 Å². The molecule has 3 heterocycles. The number of amides is 1. The summed E-state index contributed by atoms with van der Waals surface area (Å²) in [5, 5.41) is 0. The molecule has 0 N–H and O–H groups in total. The minimum Gasteiger partial charge on any atom is -0.468 e. The summed E-state index contributed by atoms with van der Waals surface area (Å²) in [5.74, 6) is 0.0405. The van der Waals surface area contributed by atoms with E-state index in [2.05, 4.69) is 9.80 Å². The molecule has 160 valence electrons. The van der Waals surface area contributed by atoms with Gasteiger partial charge in [0.15, 0.2) is 5.67 Å². The molecule has 0 unspecified atom stereocenters. The van der Waals surface area contributed by atoms with Gasteiger partial charge in [-0.3, -0.25) is 19.4 Å². The van der Waals surface area contributed by atoms with E-state index < -0.39 is 5.67 Å². The maximum absolute atomic E-state index is 14.7. The van der Waals surface area contributed by atoms with Gasteiger partial charge in [0.1, 0.15) is 5.76 Å². The van der Waals surface area contributed by atoms with Crippen LogP contribution in [0, 0.1) is 5.92 Å². The van der Waals surface area contributed by atoms with Crippen LogP contribution < -0.4 is 0 Å². The van der Waals surface area contributed by atoms with E-state index in [9.17, 15) is 14.0 Å². The van der Waals surface area contributed by atoms with Crippen LogP contribution >= 0.6 is 0 Å². The van der Waals surface area contributed by atoms with Crippen LogP contribution in [-0.4, -0.2) is 84.2 Å². The molecule has 3 aliphatic rings. The highest BCUT2D eigenvalue weighted by Gasteiger charge is 2.48. The lowest BCUT2D eigenvalue weighted by Crippen LogP contribution is -2.61. The van der Waals surface area contributed by atoms with Crippen LogP contribution in [0.3, 0.4) is 0 Å². The summed E-state index contributed by atoms with van der Waals surface area (Å²) < 4.78 is 25.5. The lowest BCUT2D eigenvalue weighted by Gasteiger charge is -2.45. The minimum atomic E-state index is -1.66. The van der Waals surface area contributed by atoms with Crippen molar-refractivity contribution >= 4 is 11.9 Å². The normalized spacial score (nSPS) is 27.6. The number of furan rings is 1. The molecule has 1 aromatic rings. The van der Waals surface area contributed by atoms with Crippen molar-refractivity contribution in [3.8, 4) is 0 Å². The fourth-order valence-corrected chi connectivity index (χ4v) is 4.66. The summed E-state index contributed by atoms with van der Waals surface area (Å²) >= 11 is 0. The predicted octanol–water partition coefficient (Wildman–Crippen LogP) is 1.68. The number of esters is 1. The van der Waals surface area contributed by atoms with Crippen molar-refractivity contribution in [2.45, 2.75) is 44.4 Å². The zero-order valence-electron chi connectivity index (χ0n) is 17.0. The Hall–Kier alpha value is -1.93. The number of ether oxygens (including phenoxy) is 1. The van der Waals surface area contributed by atoms with Gasteiger partial charge in [0.05, 0.1) is 25.3 Å². The molecule has 4 rings (SSSR count). The second kappa shape index (κ2) is 8.44. The Morgan fingerprint density at radius 3 is 2.72 bits per heavy atom. The third-order valence-corrected chi connectivity index (χ3v) is 6.40. The largest absolute Gasteiger partial charge is 0.468 e. The van der Waals surface area contributed by atoms with E-state index in [-0.39, 0.29) is 23.8 Å². The van der Waals surface area contributed by atoms with Gasteiger partial charge in [0.25, 0.3) is 5.91 Å². The number of hydrogen-bond acceptors (Lipinski definition) is 6. The first kappa shape index (κ1) is 20.3. The van der Waals surface area contributed by atoms with Crippen molar-refractivity contribution in [2.75, 3.05) is 45.9 Å². The van der Waals surface area contributed by atoms with E-state index in [1.54, 1.807) is 11.2 Å². The molecule has 8 heteroatoms. The van der Waals surface area contributed by atoms with Gasteiger partial charge in [-0.2, -0.15) is 0 Å². The Morgan fingerprint density at radius 1 is 1.24 bits per heavy atom. The standard InChI is InChI=1S/C21H30FN3O4/c1-2-28-19(26)16-11-23(15-18-5-3-10-29-18)13-17-14-25(9-8-24(17)12-16)20(27)21(22)6-4-7-21/h3,5,10,16-17H,2,4,6-9,11-15H2,1H3/t16-,17+/m1/s1. The minimum absolute atomic E-state index is 0.0609. The summed E-state index contributed by atoms with van der Waals surface area (Å²) in [4.78, 5) is 31.3. The van der Waals surface area contributed by atoms with Crippen LogP contribution in [-0.2, 0) is 20.9 Å². The summed E-state index contributed by atoms with van der Waals surface area (Å²) in [6.45, 7) is 6.29. The molecule has 1 aromatic heterocycles. The number of carbonyl (C=O) groups excluding carboxylic acids is 2. The average molecular weight is 407 g/mol. The Morgan fingerprint density at radius 2 is 2.07 bits per heavy atom.